The first-order valence-corrected chi connectivity index (χ1v) is 9.81. The normalized spacial score (nSPS) is 10.7. The van der Waals surface area contributed by atoms with E-state index in [0.717, 1.165) is 5.69 Å². The Bertz CT molecular complexity index is 949. The highest BCUT2D eigenvalue weighted by atomic mass is 16.5. The van der Waals surface area contributed by atoms with Gasteiger partial charge in [-0.05, 0) is 48.5 Å². The Hall–Kier alpha value is -3.47. The largest absolute Gasteiger partial charge is 0.497 e. The zero-order valence-electron chi connectivity index (χ0n) is 17.5. The van der Waals surface area contributed by atoms with Crippen molar-refractivity contribution in [2.24, 2.45) is 7.05 Å². The maximum Gasteiger partial charge on any atom is 0.185 e. The van der Waals surface area contributed by atoms with Crippen LogP contribution in [0.3, 0.4) is 0 Å². The van der Waals surface area contributed by atoms with Gasteiger partial charge in [0.25, 0.3) is 0 Å². The van der Waals surface area contributed by atoms with Crippen LogP contribution in [-0.2, 0) is 7.05 Å². The van der Waals surface area contributed by atoms with Gasteiger partial charge in [-0.3, -0.25) is 9.59 Å². The van der Waals surface area contributed by atoms with Crippen LogP contribution in [0.25, 0.3) is 0 Å². The fourth-order valence-corrected chi connectivity index (χ4v) is 3.48. The van der Waals surface area contributed by atoms with E-state index in [-0.39, 0.29) is 30.3 Å². The quantitative estimate of drug-likeness (QED) is 0.397. The maximum atomic E-state index is 13.0. The molecular weight excluding hydrogens is 378 g/mol. The summed E-state index contributed by atoms with van der Waals surface area (Å²) in [5.74, 6) is 1.16. The Morgan fingerprint density at radius 3 is 1.63 bits per heavy atom. The third kappa shape index (κ3) is 5.11. The van der Waals surface area contributed by atoms with Crippen LogP contribution < -0.4 is 14.0 Å². The highest BCUT2D eigenvalue weighted by Gasteiger charge is 2.27. The van der Waals surface area contributed by atoms with E-state index in [1.807, 2.05) is 36.0 Å². The van der Waals surface area contributed by atoms with Gasteiger partial charge >= 0.3 is 0 Å². The van der Waals surface area contributed by atoms with Gasteiger partial charge < -0.3 is 9.47 Å². The van der Waals surface area contributed by atoms with E-state index in [1.54, 1.807) is 62.8 Å². The topological polar surface area (TPSA) is 56.5 Å². The van der Waals surface area contributed by atoms with Crippen LogP contribution >= 0.6 is 0 Å². The van der Waals surface area contributed by atoms with Crippen LogP contribution in [-0.4, -0.2) is 25.8 Å². The van der Waals surface area contributed by atoms with Crippen LogP contribution in [0.5, 0.6) is 11.5 Å². The predicted molar refractivity (Wildman–Crippen MR) is 114 cm³/mol. The molecule has 0 unspecified atom stereocenters. The number of pyridine rings is 1. The standard InChI is InChI=1S/C25H26NO4/c1-26-15-5-4-6-23(26)20(16-24(27)18-7-11-21(29-2)12-8-18)17-25(28)19-9-13-22(30-3)14-10-19/h4-15,20H,16-17H2,1-3H3/q+1. The molecule has 0 spiro atoms. The van der Waals surface area contributed by atoms with Gasteiger partial charge in [0.1, 0.15) is 18.5 Å². The minimum atomic E-state index is -0.236. The summed E-state index contributed by atoms with van der Waals surface area (Å²) in [5.41, 5.74) is 2.16. The fourth-order valence-electron chi connectivity index (χ4n) is 3.48. The van der Waals surface area contributed by atoms with Crippen molar-refractivity contribution < 1.29 is 23.6 Å². The van der Waals surface area contributed by atoms with E-state index < -0.39 is 0 Å². The second-order valence-electron chi connectivity index (χ2n) is 7.14. The monoisotopic (exact) mass is 404 g/mol. The van der Waals surface area contributed by atoms with Gasteiger partial charge in [0.05, 0.1) is 20.1 Å². The third-order valence-electron chi connectivity index (χ3n) is 5.20. The molecule has 5 nitrogen and oxygen atoms in total. The van der Waals surface area contributed by atoms with Gasteiger partial charge in [0, 0.05) is 36.1 Å². The number of hydrogen-bond donors (Lipinski definition) is 0. The summed E-state index contributed by atoms with van der Waals surface area (Å²) in [4.78, 5) is 25.9. The molecule has 3 aromatic rings. The molecule has 0 N–H and O–H groups in total. The highest BCUT2D eigenvalue weighted by Crippen LogP contribution is 2.26. The van der Waals surface area contributed by atoms with Gasteiger partial charge in [-0.15, -0.1) is 0 Å². The van der Waals surface area contributed by atoms with Crippen molar-refractivity contribution in [3.05, 3.63) is 89.7 Å². The lowest BCUT2D eigenvalue weighted by molar-refractivity contribution is -0.680. The first kappa shape index (κ1) is 21.2. The van der Waals surface area contributed by atoms with Gasteiger partial charge in [-0.25, -0.2) is 4.57 Å². The first-order chi connectivity index (χ1) is 14.5. The molecule has 0 radical (unpaired) electrons. The number of ether oxygens (including phenoxy) is 2. The Kier molecular flexibility index (Phi) is 6.96. The number of rotatable bonds is 9. The lowest BCUT2D eigenvalue weighted by atomic mass is 9.88. The van der Waals surface area contributed by atoms with E-state index in [0.29, 0.717) is 22.6 Å². The molecule has 0 atom stereocenters. The van der Waals surface area contributed by atoms with Gasteiger partial charge in [-0.2, -0.15) is 0 Å². The van der Waals surface area contributed by atoms with Crippen LogP contribution in [0.15, 0.2) is 72.9 Å². The number of hydrogen-bond acceptors (Lipinski definition) is 4. The Balaban J connectivity index is 1.83. The molecule has 3 rings (SSSR count). The Labute approximate surface area is 176 Å². The Morgan fingerprint density at radius 1 is 0.767 bits per heavy atom. The molecular formula is C25H26NO4+. The maximum absolute atomic E-state index is 13.0. The van der Waals surface area contributed by atoms with E-state index in [9.17, 15) is 9.59 Å². The van der Waals surface area contributed by atoms with Gasteiger partial charge in [-0.1, -0.05) is 6.07 Å². The van der Waals surface area contributed by atoms with Crippen molar-refractivity contribution in [3.8, 4) is 11.5 Å². The van der Waals surface area contributed by atoms with E-state index in [4.69, 9.17) is 9.47 Å². The summed E-state index contributed by atoms with van der Waals surface area (Å²) < 4.78 is 12.3. The average molecular weight is 404 g/mol. The van der Waals surface area contributed by atoms with Crippen LogP contribution in [0.2, 0.25) is 0 Å². The summed E-state index contributed by atoms with van der Waals surface area (Å²) >= 11 is 0. The molecule has 0 fully saturated rings. The number of carbonyl (C=O) groups excluding carboxylic acids is 2. The van der Waals surface area contributed by atoms with E-state index in [2.05, 4.69) is 0 Å². The zero-order valence-corrected chi connectivity index (χ0v) is 17.5. The highest BCUT2D eigenvalue weighted by molar-refractivity contribution is 5.99. The van der Waals surface area contributed by atoms with Crippen LogP contribution in [0.4, 0.5) is 0 Å². The molecule has 0 aliphatic rings. The Morgan fingerprint density at radius 2 is 1.23 bits per heavy atom. The molecule has 1 aromatic heterocycles. The molecule has 30 heavy (non-hydrogen) atoms. The third-order valence-corrected chi connectivity index (χ3v) is 5.20. The van der Waals surface area contributed by atoms with Crippen molar-refractivity contribution in [2.75, 3.05) is 14.2 Å². The smallest absolute Gasteiger partial charge is 0.185 e. The fraction of sp³-hybridized carbons (Fsp3) is 0.240. The lowest BCUT2D eigenvalue weighted by Crippen LogP contribution is -2.35. The molecule has 0 aliphatic carbocycles. The molecule has 0 saturated heterocycles. The van der Waals surface area contributed by atoms with E-state index in [1.165, 1.54) is 0 Å². The van der Waals surface area contributed by atoms with Gasteiger partial charge in [0.15, 0.2) is 23.5 Å². The van der Waals surface area contributed by atoms with Crippen LogP contribution in [0.1, 0.15) is 45.2 Å². The number of methoxy groups -OCH3 is 2. The second-order valence-corrected chi connectivity index (χ2v) is 7.14. The zero-order chi connectivity index (χ0) is 21.5. The molecule has 1 heterocycles. The van der Waals surface area contributed by atoms with Crippen LogP contribution in [0, 0.1) is 0 Å². The number of nitrogens with zero attached hydrogens (tertiary/aromatic N) is 1. The molecule has 5 heteroatoms. The number of ketones is 2. The van der Waals surface area contributed by atoms with E-state index >= 15 is 0 Å². The number of Topliss-reactive ketones (excluding diaryl/α,β-unsaturated/α-hetero) is 2. The van der Waals surface area contributed by atoms with Crippen molar-refractivity contribution in [1.82, 2.24) is 0 Å². The van der Waals surface area contributed by atoms with Crippen molar-refractivity contribution in [1.29, 1.82) is 0 Å². The summed E-state index contributed by atoms with van der Waals surface area (Å²) in [5, 5.41) is 0. The lowest BCUT2D eigenvalue weighted by Gasteiger charge is -2.14. The molecule has 0 aliphatic heterocycles. The minimum Gasteiger partial charge on any atom is -0.497 e. The number of aryl methyl sites for hydroxylation is 1. The molecule has 0 amide bonds. The molecule has 0 bridgehead atoms. The predicted octanol–water partition coefficient (Wildman–Crippen LogP) is 4.16. The minimum absolute atomic E-state index is 0.00552. The summed E-state index contributed by atoms with van der Waals surface area (Å²) in [6, 6.07) is 19.9. The molecule has 154 valence electrons. The number of benzene rings is 2. The molecule has 2 aromatic carbocycles. The SMILES string of the molecule is COc1ccc(C(=O)CC(CC(=O)c2ccc(OC)cc2)c2cccc[n+]2C)cc1. The van der Waals surface area contributed by atoms with Gasteiger partial charge in [0.2, 0.25) is 0 Å². The second kappa shape index (κ2) is 9.83. The number of carbonyl (C=O) groups is 2. The summed E-state index contributed by atoms with van der Waals surface area (Å²) in [7, 11) is 5.11. The number of aromatic nitrogens is 1. The molecule has 0 saturated carbocycles. The summed E-state index contributed by atoms with van der Waals surface area (Å²) in [6.07, 6.45) is 2.41. The average Bonchev–Trinajstić information content (AvgIpc) is 2.79. The van der Waals surface area contributed by atoms with Crippen molar-refractivity contribution in [3.63, 3.8) is 0 Å². The first-order valence-electron chi connectivity index (χ1n) is 9.81. The van der Waals surface area contributed by atoms with Crippen molar-refractivity contribution in [2.45, 2.75) is 18.8 Å². The van der Waals surface area contributed by atoms with Crippen molar-refractivity contribution >= 4 is 11.6 Å². The summed E-state index contributed by atoms with van der Waals surface area (Å²) in [6.45, 7) is 0.